The number of benzene rings is 2. The summed E-state index contributed by atoms with van der Waals surface area (Å²) < 4.78 is 2.01. The standard InChI is InChI=1S/C26H27N5OS/c1-16-8-9-22(18(3)11-16)31-25(21-7-6-10-27-14-21)29-30-26(31)33-15-23(32)28-24-19(4)12-17(2)13-20(24)5/h6-14H,15H2,1-5H3,(H,28,32). The van der Waals surface area contributed by atoms with E-state index in [0.717, 1.165) is 33.6 Å². The Kier molecular flexibility index (Phi) is 6.60. The molecule has 0 aliphatic heterocycles. The van der Waals surface area contributed by atoms with Gasteiger partial charge in [-0.2, -0.15) is 0 Å². The second-order valence-corrected chi connectivity index (χ2v) is 9.23. The molecule has 0 atom stereocenters. The van der Waals surface area contributed by atoms with Gasteiger partial charge < -0.3 is 5.32 Å². The molecule has 0 fully saturated rings. The summed E-state index contributed by atoms with van der Waals surface area (Å²) in [7, 11) is 0. The number of aryl methyl sites for hydroxylation is 5. The number of rotatable bonds is 6. The number of anilines is 1. The summed E-state index contributed by atoms with van der Waals surface area (Å²) in [6.07, 6.45) is 3.50. The van der Waals surface area contributed by atoms with Crippen LogP contribution >= 0.6 is 11.8 Å². The van der Waals surface area contributed by atoms with E-state index in [0.29, 0.717) is 11.0 Å². The minimum Gasteiger partial charge on any atom is -0.325 e. The molecule has 33 heavy (non-hydrogen) atoms. The van der Waals surface area contributed by atoms with Crippen molar-refractivity contribution in [2.24, 2.45) is 0 Å². The molecule has 1 N–H and O–H groups in total. The van der Waals surface area contributed by atoms with Crippen molar-refractivity contribution < 1.29 is 4.79 Å². The predicted octanol–water partition coefficient (Wildman–Crippen LogP) is 5.60. The first-order valence-corrected chi connectivity index (χ1v) is 11.8. The number of thioether (sulfide) groups is 1. The number of carbonyl (C=O) groups excluding carboxylic acids is 1. The molecular formula is C26H27N5OS. The molecule has 2 heterocycles. The topological polar surface area (TPSA) is 72.7 Å². The van der Waals surface area contributed by atoms with E-state index in [4.69, 9.17) is 0 Å². The maximum atomic E-state index is 12.8. The van der Waals surface area contributed by atoms with Gasteiger partial charge in [0.1, 0.15) is 0 Å². The summed E-state index contributed by atoms with van der Waals surface area (Å²) in [6, 6.07) is 14.3. The van der Waals surface area contributed by atoms with Crippen molar-refractivity contribution in [2.75, 3.05) is 11.1 Å². The quantitative estimate of drug-likeness (QED) is 0.382. The molecule has 6 nitrogen and oxygen atoms in total. The van der Waals surface area contributed by atoms with Gasteiger partial charge in [-0.1, -0.05) is 47.2 Å². The van der Waals surface area contributed by atoms with Crippen molar-refractivity contribution >= 4 is 23.4 Å². The van der Waals surface area contributed by atoms with Gasteiger partial charge >= 0.3 is 0 Å². The Balaban J connectivity index is 1.63. The smallest absolute Gasteiger partial charge is 0.234 e. The average Bonchev–Trinajstić information content (AvgIpc) is 3.19. The second kappa shape index (κ2) is 9.58. The van der Waals surface area contributed by atoms with Crippen molar-refractivity contribution in [3.63, 3.8) is 0 Å². The minimum atomic E-state index is -0.0758. The van der Waals surface area contributed by atoms with E-state index in [9.17, 15) is 4.79 Å². The predicted molar refractivity (Wildman–Crippen MR) is 134 cm³/mol. The van der Waals surface area contributed by atoms with Gasteiger partial charge in [-0.05, 0) is 69.5 Å². The fraction of sp³-hybridized carbons (Fsp3) is 0.231. The van der Waals surface area contributed by atoms with E-state index >= 15 is 0 Å². The Morgan fingerprint density at radius 2 is 1.67 bits per heavy atom. The number of carbonyl (C=O) groups is 1. The van der Waals surface area contributed by atoms with Crippen LogP contribution in [0.25, 0.3) is 17.1 Å². The molecule has 0 saturated carbocycles. The van der Waals surface area contributed by atoms with E-state index in [1.807, 2.05) is 30.5 Å². The average molecular weight is 458 g/mol. The first-order valence-electron chi connectivity index (χ1n) is 10.8. The molecule has 2 aromatic heterocycles. The zero-order chi connectivity index (χ0) is 23.5. The van der Waals surface area contributed by atoms with Crippen LogP contribution in [-0.2, 0) is 4.79 Å². The summed E-state index contributed by atoms with van der Waals surface area (Å²) in [5.74, 6) is 0.847. The van der Waals surface area contributed by atoms with E-state index in [2.05, 4.69) is 71.6 Å². The minimum absolute atomic E-state index is 0.0758. The zero-order valence-corrected chi connectivity index (χ0v) is 20.3. The van der Waals surface area contributed by atoms with Gasteiger partial charge in [-0.25, -0.2) is 0 Å². The SMILES string of the molecule is Cc1ccc(-n2c(SCC(=O)Nc3c(C)cc(C)cc3C)nnc2-c2cccnc2)c(C)c1. The normalized spacial score (nSPS) is 10.9. The molecule has 1 amide bonds. The first-order chi connectivity index (χ1) is 15.8. The highest BCUT2D eigenvalue weighted by molar-refractivity contribution is 7.99. The molecule has 4 rings (SSSR count). The summed E-state index contributed by atoms with van der Waals surface area (Å²) in [4.78, 5) is 17.0. The van der Waals surface area contributed by atoms with Gasteiger partial charge in [0, 0.05) is 23.6 Å². The summed E-state index contributed by atoms with van der Waals surface area (Å²) in [6.45, 7) is 10.2. The molecule has 4 aromatic rings. The van der Waals surface area contributed by atoms with Crippen molar-refractivity contribution in [2.45, 2.75) is 39.8 Å². The molecule has 0 aliphatic carbocycles. The molecule has 0 spiro atoms. The zero-order valence-electron chi connectivity index (χ0n) is 19.5. The molecule has 0 radical (unpaired) electrons. The lowest BCUT2D eigenvalue weighted by atomic mass is 10.1. The lowest BCUT2D eigenvalue weighted by Crippen LogP contribution is -2.16. The number of aromatic nitrogens is 4. The second-order valence-electron chi connectivity index (χ2n) is 8.28. The molecule has 0 unspecified atom stereocenters. The van der Waals surface area contributed by atoms with E-state index in [1.54, 1.807) is 12.4 Å². The highest BCUT2D eigenvalue weighted by Crippen LogP contribution is 2.30. The van der Waals surface area contributed by atoms with E-state index in [1.165, 1.54) is 22.9 Å². The Morgan fingerprint density at radius 1 is 0.939 bits per heavy atom. The Morgan fingerprint density at radius 3 is 2.33 bits per heavy atom. The molecular weight excluding hydrogens is 430 g/mol. The summed E-state index contributed by atoms with van der Waals surface area (Å²) in [5, 5.41) is 12.6. The first kappa shape index (κ1) is 22.7. The van der Waals surface area contributed by atoms with Crippen molar-refractivity contribution in [3.05, 3.63) is 82.7 Å². The van der Waals surface area contributed by atoms with Gasteiger partial charge in [-0.15, -0.1) is 10.2 Å². The molecule has 0 aliphatic rings. The number of amides is 1. The van der Waals surface area contributed by atoms with Crippen LogP contribution in [0.2, 0.25) is 0 Å². The van der Waals surface area contributed by atoms with Crippen molar-refractivity contribution in [3.8, 4) is 17.1 Å². The van der Waals surface area contributed by atoms with Crippen LogP contribution in [0, 0.1) is 34.6 Å². The molecule has 0 bridgehead atoms. The van der Waals surface area contributed by atoms with Crippen molar-refractivity contribution in [1.82, 2.24) is 19.7 Å². The maximum absolute atomic E-state index is 12.8. The van der Waals surface area contributed by atoms with Crippen LogP contribution in [-0.4, -0.2) is 31.4 Å². The summed E-state index contributed by atoms with van der Waals surface area (Å²) in [5.41, 5.74) is 8.32. The van der Waals surface area contributed by atoms with Gasteiger partial charge in [0.15, 0.2) is 11.0 Å². The van der Waals surface area contributed by atoms with Gasteiger partial charge in [0.25, 0.3) is 0 Å². The number of pyridine rings is 1. The van der Waals surface area contributed by atoms with Crippen LogP contribution in [0.5, 0.6) is 0 Å². The van der Waals surface area contributed by atoms with E-state index < -0.39 is 0 Å². The lowest BCUT2D eigenvalue weighted by Gasteiger charge is -2.14. The van der Waals surface area contributed by atoms with Crippen LogP contribution in [0.1, 0.15) is 27.8 Å². The lowest BCUT2D eigenvalue weighted by molar-refractivity contribution is -0.113. The number of nitrogens with zero attached hydrogens (tertiary/aromatic N) is 4. The Hall–Kier alpha value is -3.45. The fourth-order valence-electron chi connectivity index (χ4n) is 4.00. The molecule has 2 aromatic carbocycles. The molecule has 7 heteroatoms. The highest BCUT2D eigenvalue weighted by Gasteiger charge is 2.19. The molecule has 168 valence electrons. The fourth-order valence-corrected chi connectivity index (χ4v) is 4.75. The van der Waals surface area contributed by atoms with Crippen LogP contribution in [0.3, 0.4) is 0 Å². The van der Waals surface area contributed by atoms with Crippen LogP contribution in [0.4, 0.5) is 5.69 Å². The third-order valence-electron chi connectivity index (χ3n) is 5.42. The maximum Gasteiger partial charge on any atom is 0.234 e. The monoisotopic (exact) mass is 457 g/mol. The largest absolute Gasteiger partial charge is 0.325 e. The Labute approximate surface area is 198 Å². The highest BCUT2D eigenvalue weighted by atomic mass is 32.2. The van der Waals surface area contributed by atoms with Gasteiger partial charge in [0.2, 0.25) is 5.91 Å². The van der Waals surface area contributed by atoms with Gasteiger partial charge in [-0.3, -0.25) is 14.3 Å². The van der Waals surface area contributed by atoms with Gasteiger partial charge in [0.05, 0.1) is 11.4 Å². The van der Waals surface area contributed by atoms with Crippen LogP contribution in [0.15, 0.2) is 60.0 Å². The van der Waals surface area contributed by atoms with Crippen LogP contribution < -0.4 is 5.32 Å². The number of nitrogens with one attached hydrogen (secondary N) is 1. The Bertz CT molecular complexity index is 1290. The molecule has 0 saturated heterocycles. The van der Waals surface area contributed by atoms with E-state index in [-0.39, 0.29) is 11.7 Å². The third-order valence-corrected chi connectivity index (χ3v) is 6.35. The third kappa shape index (κ3) is 4.98. The number of hydrogen-bond donors (Lipinski definition) is 1. The number of hydrogen-bond acceptors (Lipinski definition) is 5. The summed E-state index contributed by atoms with van der Waals surface area (Å²) >= 11 is 1.37. The van der Waals surface area contributed by atoms with Crippen molar-refractivity contribution in [1.29, 1.82) is 0 Å².